The fourth-order valence-corrected chi connectivity index (χ4v) is 3.58. The molecule has 0 spiro atoms. The Kier molecular flexibility index (Phi) is 3.79. The molecule has 23 heavy (non-hydrogen) atoms. The Morgan fingerprint density at radius 1 is 1.22 bits per heavy atom. The third kappa shape index (κ3) is 2.61. The molecule has 3 aromatic heterocycles. The fourth-order valence-electron chi connectivity index (χ4n) is 3.58. The van der Waals surface area contributed by atoms with E-state index in [1.807, 2.05) is 30.6 Å². The first-order chi connectivity index (χ1) is 11.4. The van der Waals surface area contributed by atoms with Gasteiger partial charge in [0, 0.05) is 36.7 Å². The molecule has 0 amide bonds. The van der Waals surface area contributed by atoms with E-state index in [0.29, 0.717) is 6.04 Å². The van der Waals surface area contributed by atoms with Crippen LogP contribution in [0.5, 0.6) is 0 Å². The summed E-state index contributed by atoms with van der Waals surface area (Å²) in [4.78, 5) is 16.2. The highest BCUT2D eigenvalue weighted by atomic mass is 15.2. The summed E-state index contributed by atoms with van der Waals surface area (Å²) in [5.41, 5.74) is 2.97. The summed E-state index contributed by atoms with van der Waals surface area (Å²) in [6.45, 7) is 5.48. The molecule has 1 unspecified atom stereocenters. The van der Waals surface area contributed by atoms with Crippen molar-refractivity contribution in [2.24, 2.45) is 0 Å². The van der Waals surface area contributed by atoms with Crippen molar-refractivity contribution in [3.05, 3.63) is 42.9 Å². The zero-order chi connectivity index (χ0) is 15.6. The van der Waals surface area contributed by atoms with Crippen LogP contribution < -0.4 is 0 Å². The molecule has 5 nitrogen and oxygen atoms in total. The van der Waals surface area contributed by atoms with Crippen molar-refractivity contribution in [2.75, 3.05) is 13.1 Å². The molecule has 0 N–H and O–H groups in total. The number of likely N-dealkylation sites (N-methyl/N-ethyl adjacent to an activating group) is 1. The summed E-state index contributed by atoms with van der Waals surface area (Å²) in [5.74, 6) is 0.967. The first-order valence-corrected chi connectivity index (χ1v) is 8.32. The molecular weight excluding hydrogens is 286 g/mol. The van der Waals surface area contributed by atoms with Gasteiger partial charge >= 0.3 is 0 Å². The first-order valence-electron chi connectivity index (χ1n) is 8.32. The SMILES string of the molecule is CCN1CCCC1Cn1c(-c2cccnc2)nc2cccnc21. The van der Waals surface area contributed by atoms with Crippen LogP contribution in [0.15, 0.2) is 42.9 Å². The van der Waals surface area contributed by atoms with Crippen molar-refractivity contribution in [3.8, 4) is 11.4 Å². The molecule has 0 bridgehead atoms. The zero-order valence-corrected chi connectivity index (χ0v) is 13.4. The smallest absolute Gasteiger partial charge is 0.160 e. The number of hydrogen-bond donors (Lipinski definition) is 0. The molecule has 1 atom stereocenters. The maximum absolute atomic E-state index is 4.82. The van der Waals surface area contributed by atoms with Gasteiger partial charge in [-0.15, -0.1) is 0 Å². The van der Waals surface area contributed by atoms with Gasteiger partial charge in [-0.2, -0.15) is 0 Å². The topological polar surface area (TPSA) is 46.8 Å². The van der Waals surface area contributed by atoms with Gasteiger partial charge in [0.15, 0.2) is 5.65 Å². The molecule has 0 saturated carbocycles. The van der Waals surface area contributed by atoms with Crippen LogP contribution in [0, 0.1) is 0 Å². The third-order valence-corrected chi connectivity index (χ3v) is 4.72. The molecule has 1 fully saturated rings. The maximum Gasteiger partial charge on any atom is 0.160 e. The van der Waals surface area contributed by atoms with Crippen LogP contribution in [0.25, 0.3) is 22.6 Å². The lowest BCUT2D eigenvalue weighted by Gasteiger charge is -2.24. The fraction of sp³-hybridized carbons (Fsp3) is 0.389. The van der Waals surface area contributed by atoms with Crippen molar-refractivity contribution >= 4 is 11.2 Å². The monoisotopic (exact) mass is 307 g/mol. The van der Waals surface area contributed by atoms with Gasteiger partial charge < -0.3 is 4.57 Å². The van der Waals surface area contributed by atoms with E-state index in [0.717, 1.165) is 35.6 Å². The molecule has 3 aromatic rings. The lowest BCUT2D eigenvalue weighted by atomic mass is 10.2. The van der Waals surface area contributed by atoms with E-state index in [-0.39, 0.29) is 0 Å². The van der Waals surface area contributed by atoms with Crippen molar-refractivity contribution < 1.29 is 0 Å². The molecular formula is C18H21N5. The molecule has 1 saturated heterocycles. The number of hydrogen-bond acceptors (Lipinski definition) is 4. The van der Waals surface area contributed by atoms with Crippen molar-refractivity contribution in [1.29, 1.82) is 0 Å². The van der Waals surface area contributed by atoms with E-state index in [2.05, 4.69) is 32.4 Å². The summed E-state index contributed by atoms with van der Waals surface area (Å²) in [7, 11) is 0. The minimum atomic E-state index is 0.565. The van der Waals surface area contributed by atoms with Gasteiger partial charge in [0.1, 0.15) is 11.3 Å². The molecule has 0 radical (unpaired) electrons. The number of aromatic nitrogens is 4. The van der Waals surface area contributed by atoms with Crippen LogP contribution in [-0.2, 0) is 6.54 Å². The standard InChI is InChI=1S/C18H21N5/c1-2-22-11-5-7-15(22)13-23-17(14-6-3-9-19-12-14)21-16-8-4-10-20-18(16)23/h3-4,6,8-10,12,15H,2,5,7,11,13H2,1H3. The molecule has 1 aliphatic rings. The van der Waals surface area contributed by atoms with E-state index in [1.165, 1.54) is 19.4 Å². The van der Waals surface area contributed by atoms with Gasteiger partial charge in [0.25, 0.3) is 0 Å². The molecule has 5 heteroatoms. The largest absolute Gasteiger partial charge is 0.307 e. The molecule has 118 valence electrons. The second-order valence-corrected chi connectivity index (χ2v) is 6.06. The van der Waals surface area contributed by atoms with Gasteiger partial charge in [0.2, 0.25) is 0 Å². The van der Waals surface area contributed by atoms with Crippen LogP contribution in [0.1, 0.15) is 19.8 Å². The Morgan fingerprint density at radius 3 is 2.96 bits per heavy atom. The number of fused-ring (bicyclic) bond motifs is 1. The normalized spacial score (nSPS) is 18.7. The van der Waals surface area contributed by atoms with E-state index >= 15 is 0 Å². The number of imidazole rings is 1. The molecule has 4 heterocycles. The summed E-state index contributed by atoms with van der Waals surface area (Å²) >= 11 is 0. The lowest BCUT2D eigenvalue weighted by Crippen LogP contribution is -2.32. The van der Waals surface area contributed by atoms with Crippen molar-refractivity contribution in [2.45, 2.75) is 32.4 Å². The first kappa shape index (κ1) is 14.3. The van der Waals surface area contributed by atoms with Crippen molar-refractivity contribution in [1.82, 2.24) is 24.4 Å². The van der Waals surface area contributed by atoms with Crippen molar-refractivity contribution in [3.63, 3.8) is 0 Å². The average Bonchev–Trinajstić information content (AvgIpc) is 3.21. The number of pyridine rings is 2. The molecule has 1 aliphatic heterocycles. The summed E-state index contributed by atoms with van der Waals surface area (Å²) in [5, 5.41) is 0. The van der Waals surface area contributed by atoms with Gasteiger partial charge in [-0.1, -0.05) is 6.92 Å². The Bertz CT molecular complexity index is 796. The number of nitrogens with zero attached hydrogens (tertiary/aromatic N) is 5. The Morgan fingerprint density at radius 2 is 2.13 bits per heavy atom. The van der Waals surface area contributed by atoms with Crippen LogP contribution >= 0.6 is 0 Å². The number of rotatable bonds is 4. The van der Waals surface area contributed by atoms with Crippen LogP contribution in [-0.4, -0.2) is 43.6 Å². The van der Waals surface area contributed by atoms with E-state index in [1.54, 1.807) is 6.20 Å². The van der Waals surface area contributed by atoms with Gasteiger partial charge in [0.05, 0.1) is 0 Å². The molecule has 0 aromatic carbocycles. The van der Waals surface area contributed by atoms with Crippen LogP contribution in [0.4, 0.5) is 0 Å². The predicted octanol–water partition coefficient (Wildman–Crippen LogP) is 2.98. The van der Waals surface area contributed by atoms with Gasteiger partial charge in [-0.25, -0.2) is 9.97 Å². The zero-order valence-electron chi connectivity index (χ0n) is 13.4. The average molecular weight is 307 g/mol. The quantitative estimate of drug-likeness (QED) is 0.743. The highest BCUT2D eigenvalue weighted by molar-refractivity contribution is 5.76. The summed E-state index contributed by atoms with van der Waals surface area (Å²) < 4.78 is 2.27. The van der Waals surface area contributed by atoms with E-state index in [9.17, 15) is 0 Å². The van der Waals surface area contributed by atoms with E-state index < -0.39 is 0 Å². The summed E-state index contributed by atoms with van der Waals surface area (Å²) in [6, 6.07) is 8.57. The van der Waals surface area contributed by atoms with Crippen LogP contribution in [0.2, 0.25) is 0 Å². The molecule has 4 rings (SSSR count). The second-order valence-electron chi connectivity index (χ2n) is 6.06. The lowest BCUT2D eigenvalue weighted by molar-refractivity contribution is 0.246. The minimum absolute atomic E-state index is 0.565. The highest BCUT2D eigenvalue weighted by Crippen LogP contribution is 2.26. The van der Waals surface area contributed by atoms with Crippen LogP contribution in [0.3, 0.4) is 0 Å². The Balaban J connectivity index is 1.80. The maximum atomic E-state index is 4.82. The minimum Gasteiger partial charge on any atom is -0.307 e. The van der Waals surface area contributed by atoms with Gasteiger partial charge in [-0.05, 0) is 50.2 Å². The molecule has 0 aliphatic carbocycles. The predicted molar refractivity (Wildman–Crippen MR) is 91.0 cm³/mol. The highest BCUT2D eigenvalue weighted by Gasteiger charge is 2.25. The Hall–Kier alpha value is -2.27. The Labute approximate surface area is 136 Å². The number of likely N-dealkylation sites (tertiary alicyclic amines) is 1. The van der Waals surface area contributed by atoms with Gasteiger partial charge in [-0.3, -0.25) is 9.88 Å². The second kappa shape index (κ2) is 6.08. The van der Waals surface area contributed by atoms with E-state index in [4.69, 9.17) is 4.98 Å². The summed E-state index contributed by atoms with van der Waals surface area (Å²) in [6.07, 6.45) is 8.04. The third-order valence-electron chi connectivity index (χ3n) is 4.72.